The zero-order chi connectivity index (χ0) is 16.8. The Morgan fingerprint density at radius 2 is 1.91 bits per heavy atom. The Balaban J connectivity index is 2.13. The molecule has 120 valence electrons. The minimum absolute atomic E-state index is 0.255. The number of ether oxygens (including phenoxy) is 2. The summed E-state index contributed by atoms with van der Waals surface area (Å²) in [5, 5.41) is 0.748. The SMILES string of the molecule is CCOc1ccc(Br)cc1/C=C/C(=O)Oc1ccc(Cl)cc1Cl. The Morgan fingerprint density at radius 1 is 1.17 bits per heavy atom. The molecule has 23 heavy (non-hydrogen) atoms. The van der Waals surface area contributed by atoms with Gasteiger partial charge in [-0.25, -0.2) is 4.79 Å². The van der Waals surface area contributed by atoms with Crippen LogP contribution in [-0.2, 0) is 4.79 Å². The molecule has 0 unspecified atom stereocenters. The molecule has 0 radical (unpaired) electrons. The molecule has 0 aromatic heterocycles. The van der Waals surface area contributed by atoms with E-state index in [0.29, 0.717) is 17.4 Å². The predicted octanol–water partition coefficient (Wildman–Crippen LogP) is 5.77. The molecule has 0 atom stereocenters. The monoisotopic (exact) mass is 414 g/mol. The highest BCUT2D eigenvalue weighted by Crippen LogP contribution is 2.28. The van der Waals surface area contributed by atoms with Gasteiger partial charge in [0.1, 0.15) is 11.5 Å². The lowest BCUT2D eigenvalue weighted by Crippen LogP contribution is -2.04. The van der Waals surface area contributed by atoms with Crippen LogP contribution >= 0.6 is 39.1 Å². The molecule has 0 aliphatic rings. The van der Waals surface area contributed by atoms with Gasteiger partial charge in [-0.15, -0.1) is 0 Å². The number of rotatable bonds is 5. The maximum Gasteiger partial charge on any atom is 0.336 e. The molecule has 0 aliphatic heterocycles. The predicted molar refractivity (Wildman–Crippen MR) is 96.4 cm³/mol. The number of halogens is 3. The molecule has 0 spiro atoms. The van der Waals surface area contributed by atoms with Gasteiger partial charge in [0.2, 0.25) is 0 Å². The van der Waals surface area contributed by atoms with Gasteiger partial charge >= 0.3 is 5.97 Å². The van der Waals surface area contributed by atoms with Crippen LogP contribution in [0.3, 0.4) is 0 Å². The summed E-state index contributed by atoms with van der Waals surface area (Å²) in [7, 11) is 0. The second-order valence-corrected chi connectivity index (χ2v) is 6.20. The van der Waals surface area contributed by atoms with Crippen molar-refractivity contribution in [1.29, 1.82) is 0 Å². The summed E-state index contributed by atoms with van der Waals surface area (Å²) in [6, 6.07) is 10.2. The van der Waals surface area contributed by atoms with Crippen molar-refractivity contribution in [2.75, 3.05) is 6.61 Å². The molecular formula is C17H13BrCl2O3. The topological polar surface area (TPSA) is 35.5 Å². The second kappa shape index (κ2) is 8.39. The summed E-state index contributed by atoms with van der Waals surface area (Å²) >= 11 is 15.2. The first kappa shape index (κ1) is 17.9. The van der Waals surface area contributed by atoms with Crippen molar-refractivity contribution in [1.82, 2.24) is 0 Å². The first-order chi connectivity index (χ1) is 11.0. The summed E-state index contributed by atoms with van der Waals surface area (Å²) in [5.41, 5.74) is 0.764. The zero-order valence-corrected chi connectivity index (χ0v) is 15.3. The first-order valence-corrected chi connectivity index (χ1v) is 8.31. The van der Waals surface area contributed by atoms with Crippen molar-refractivity contribution in [2.45, 2.75) is 6.92 Å². The van der Waals surface area contributed by atoms with E-state index in [1.165, 1.54) is 12.1 Å². The number of hydrogen-bond donors (Lipinski definition) is 0. The molecule has 3 nitrogen and oxygen atoms in total. The molecular weight excluding hydrogens is 403 g/mol. The standard InChI is InChI=1S/C17H13BrCl2O3/c1-2-22-15-6-4-12(18)9-11(15)3-8-17(21)23-16-7-5-13(19)10-14(16)20/h3-10H,2H2,1H3/b8-3+. The van der Waals surface area contributed by atoms with E-state index in [0.717, 1.165) is 10.0 Å². The van der Waals surface area contributed by atoms with E-state index in [4.69, 9.17) is 32.7 Å². The number of carbonyl (C=O) groups is 1. The number of benzene rings is 2. The Labute approximate surface area is 152 Å². The van der Waals surface area contributed by atoms with E-state index in [1.54, 1.807) is 18.2 Å². The maximum atomic E-state index is 11.9. The maximum absolute atomic E-state index is 11.9. The summed E-state index contributed by atoms with van der Waals surface area (Å²) in [6.07, 6.45) is 2.94. The van der Waals surface area contributed by atoms with Crippen LogP contribution in [0.4, 0.5) is 0 Å². The summed E-state index contributed by atoms with van der Waals surface area (Å²) < 4.78 is 11.6. The number of esters is 1. The van der Waals surface area contributed by atoms with Crippen LogP contribution < -0.4 is 9.47 Å². The van der Waals surface area contributed by atoms with Crippen LogP contribution in [0.2, 0.25) is 10.0 Å². The van der Waals surface area contributed by atoms with Gasteiger partial charge in [-0.3, -0.25) is 0 Å². The van der Waals surface area contributed by atoms with Crippen molar-refractivity contribution >= 4 is 51.2 Å². The van der Waals surface area contributed by atoms with Crippen LogP contribution in [0.1, 0.15) is 12.5 Å². The largest absolute Gasteiger partial charge is 0.493 e. The lowest BCUT2D eigenvalue weighted by molar-refractivity contribution is -0.128. The molecule has 0 aliphatic carbocycles. The highest BCUT2D eigenvalue weighted by Gasteiger charge is 2.07. The third-order valence-electron chi connectivity index (χ3n) is 2.78. The van der Waals surface area contributed by atoms with Crippen molar-refractivity contribution in [3.05, 3.63) is 62.6 Å². The number of carbonyl (C=O) groups excluding carboxylic acids is 1. The quantitative estimate of drug-likeness (QED) is 0.353. The summed E-state index contributed by atoms with van der Waals surface area (Å²) in [5.74, 6) is 0.394. The highest BCUT2D eigenvalue weighted by molar-refractivity contribution is 9.10. The van der Waals surface area contributed by atoms with Gasteiger partial charge in [0.25, 0.3) is 0 Å². The Hall–Kier alpha value is -1.49. The third-order valence-corrected chi connectivity index (χ3v) is 3.80. The van der Waals surface area contributed by atoms with Crippen LogP contribution in [0, 0.1) is 0 Å². The summed E-state index contributed by atoms with van der Waals surface area (Å²) in [4.78, 5) is 11.9. The normalized spacial score (nSPS) is 10.8. The highest BCUT2D eigenvalue weighted by atomic mass is 79.9. The average molecular weight is 416 g/mol. The van der Waals surface area contributed by atoms with Gasteiger partial charge in [0.05, 0.1) is 11.6 Å². The molecule has 6 heteroatoms. The molecule has 0 bridgehead atoms. The average Bonchev–Trinajstić information content (AvgIpc) is 2.50. The molecule has 0 fully saturated rings. The van der Waals surface area contributed by atoms with E-state index in [-0.39, 0.29) is 10.8 Å². The van der Waals surface area contributed by atoms with E-state index < -0.39 is 5.97 Å². The van der Waals surface area contributed by atoms with Gasteiger partial charge in [-0.2, -0.15) is 0 Å². The van der Waals surface area contributed by atoms with Crippen LogP contribution in [0.5, 0.6) is 11.5 Å². The van der Waals surface area contributed by atoms with E-state index in [9.17, 15) is 4.79 Å². The lowest BCUT2D eigenvalue weighted by Gasteiger charge is -2.07. The fourth-order valence-electron chi connectivity index (χ4n) is 1.79. The van der Waals surface area contributed by atoms with E-state index in [2.05, 4.69) is 15.9 Å². The fourth-order valence-corrected chi connectivity index (χ4v) is 2.62. The molecule has 0 saturated carbocycles. The van der Waals surface area contributed by atoms with Crippen molar-refractivity contribution in [2.24, 2.45) is 0 Å². The van der Waals surface area contributed by atoms with E-state index in [1.807, 2.05) is 25.1 Å². The Bertz CT molecular complexity index is 745. The zero-order valence-electron chi connectivity index (χ0n) is 12.2. The fraction of sp³-hybridized carbons (Fsp3) is 0.118. The van der Waals surface area contributed by atoms with Gasteiger partial charge < -0.3 is 9.47 Å². The van der Waals surface area contributed by atoms with Gasteiger partial charge in [-0.1, -0.05) is 39.1 Å². The van der Waals surface area contributed by atoms with E-state index >= 15 is 0 Å². The van der Waals surface area contributed by atoms with Crippen LogP contribution in [0.15, 0.2) is 46.9 Å². The van der Waals surface area contributed by atoms with Crippen molar-refractivity contribution in [3.8, 4) is 11.5 Å². The molecule has 0 amide bonds. The van der Waals surface area contributed by atoms with Gasteiger partial charge in [-0.05, 0) is 49.4 Å². The second-order valence-electron chi connectivity index (χ2n) is 4.44. The van der Waals surface area contributed by atoms with Gasteiger partial charge in [0, 0.05) is 21.1 Å². The minimum Gasteiger partial charge on any atom is -0.493 e. The van der Waals surface area contributed by atoms with Crippen LogP contribution in [-0.4, -0.2) is 12.6 Å². The Morgan fingerprint density at radius 3 is 2.61 bits per heavy atom. The lowest BCUT2D eigenvalue weighted by atomic mass is 10.2. The molecule has 2 aromatic rings. The molecule has 0 saturated heterocycles. The van der Waals surface area contributed by atoms with Crippen molar-refractivity contribution in [3.63, 3.8) is 0 Å². The minimum atomic E-state index is -0.545. The summed E-state index contributed by atoms with van der Waals surface area (Å²) in [6.45, 7) is 2.43. The first-order valence-electron chi connectivity index (χ1n) is 6.77. The number of hydrogen-bond acceptors (Lipinski definition) is 3. The smallest absolute Gasteiger partial charge is 0.336 e. The molecule has 0 N–H and O–H groups in total. The van der Waals surface area contributed by atoms with Crippen LogP contribution in [0.25, 0.3) is 6.08 Å². The molecule has 2 aromatic carbocycles. The third kappa shape index (κ3) is 5.27. The van der Waals surface area contributed by atoms with Gasteiger partial charge in [0.15, 0.2) is 0 Å². The van der Waals surface area contributed by atoms with Crippen molar-refractivity contribution < 1.29 is 14.3 Å². The Kier molecular flexibility index (Phi) is 6.51. The molecule has 2 rings (SSSR count). The molecule has 0 heterocycles.